The van der Waals surface area contributed by atoms with Crippen LogP contribution in [0.2, 0.25) is 5.02 Å². The zero-order valence-electron chi connectivity index (χ0n) is 10.4. The summed E-state index contributed by atoms with van der Waals surface area (Å²) >= 11 is 5.86. The van der Waals surface area contributed by atoms with Crippen LogP contribution >= 0.6 is 11.6 Å². The number of nitrogens with zero attached hydrogens (tertiary/aromatic N) is 2. The van der Waals surface area contributed by atoms with Crippen molar-refractivity contribution in [2.24, 2.45) is 5.92 Å². The predicted octanol–water partition coefficient (Wildman–Crippen LogP) is 3.56. The fourth-order valence-corrected chi connectivity index (χ4v) is 2.83. The molecule has 18 heavy (non-hydrogen) atoms. The highest BCUT2D eigenvalue weighted by Gasteiger charge is 2.41. The molecule has 2 N–H and O–H groups in total. The average Bonchev–Trinajstić information content (AvgIpc) is 3.05. The Kier molecular flexibility index (Phi) is 2.36. The molecule has 1 saturated carbocycles. The number of rotatable bonds is 2. The van der Waals surface area contributed by atoms with E-state index in [2.05, 4.69) is 18.8 Å². The van der Waals surface area contributed by atoms with Crippen molar-refractivity contribution in [3.8, 4) is 0 Å². The first-order valence-electron chi connectivity index (χ1n) is 6.04. The van der Waals surface area contributed by atoms with Crippen LogP contribution in [-0.2, 0) is 5.54 Å². The van der Waals surface area contributed by atoms with Gasteiger partial charge in [-0.15, -0.1) is 0 Å². The van der Waals surface area contributed by atoms with Gasteiger partial charge in [0.1, 0.15) is 5.82 Å². The van der Waals surface area contributed by atoms with E-state index in [4.69, 9.17) is 17.3 Å². The minimum Gasteiger partial charge on any atom is -0.369 e. The summed E-state index contributed by atoms with van der Waals surface area (Å²) in [7, 11) is 0. The Balaban J connectivity index is 2.28. The molecule has 1 aliphatic carbocycles. The fourth-order valence-electron chi connectivity index (χ4n) is 2.67. The maximum atomic E-state index is 13.4. The second-order valence-electron chi connectivity index (χ2n) is 5.49. The number of benzene rings is 1. The molecule has 1 heterocycles. The van der Waals surface area contributed by atoms with Crippen LogP contribution in [0.4, 0.5) is 10.3 Å². The molecule has 0 spiro atoms. The van der Waals surface area contributed by atoms with Crippen molar-refractivity contribution >= 4 is 28.6 Å². The van der Waals surface area contributed by atoms with Gasteiger partial charge in [0.05, 0.1) is 16.1 Å². The van der Waals surface area contributed by atoms with Crippen LogP contribution in [0.5, 0.6) is 0 Å². The number of anilines is 1. The van der Waals surface area contributed by atoms with Crippen LogP contribution in [0, 0.1) is 11.7 Å². The average molecular weight is 268 g/mol. The molecule has 0 bridgehead atoms. The highest BCUT2D eigenvalue weighted by Crippen LogP contribution is 2.46. The molecule has 1 fully saturated rings. The lowest BCUT2D eigenvalue weighted by atomic mass is 9.98. The number of hydrogen-bond donors (Lipinski definition) is 1. The first-order chi connectivity index (χ1) is 8.41. The van der Waals surface area contributed by atoms with Gasteiger partial charge >= 0.3 is 0 Å². The summed E-state index contributed by atoms with van der Waals surface area (Å²) in [6.45, 7) is 4.28. The minimum atomic E-state index is -0.460. The van der Waals surface area contributed by atoms with Crippen LogP contribution in [0.15, 0.2) is 12.1 Å². The summed E-state index contributed by atoms with van der Waals surface area (Å²) in [5.74, 6) is 0.558. The Labute approximate surface area is 110 Å². The summed E-state index contributed by atoms with van der Waals surface area (Å²) in [5, 5.41) is 0.107. The van der Waals surface area contributed by atoms with Crippen LogP contribution in [-0.4, -0.2) is 9.55 Å². The van der Waals surface area contributed by atoms with Crippen LogP contribution in [0.25, 0.3) is 11.0 Å². The first-order valence-corrected chi connectivity index (χ1v) is 6.42. The van der Waals surface area contributed by atoms with E-state index < -0.39 is 5.82 Å². The van der Waals surface area contributed by atoms with E-state index in [1.54, 1.807) is 6.07 Å². The zero-order valence-corrected chi connectivity index (χ0v) is 11.1. The molecule has 0 atom stereocenters. The molecule has 3 nitrogen and oxygen atoms in total. The molecule has 5 heteroatoms. The third-order valence-corrected chi connectivity index (χ3v) is 4.16. The maximum Gasteiger partial charge on any atom is 0.201 e. The van der Waals surface area contributed by atoms with Gasteiger partial charge in [-0.1, -0.05) is 11.6 Å². The minimum absolute atomic E-state index is 0.107. The van der Waals surface area contributed by atoms with Crippen molar-refractivity contribution in [3.63, 3.8) is 0 Å². The number of halogens is 2. The molecule has 3 rings (SSSR count). The van der Waals surface area contributed by atoms with E-state index in [-0.39, 0.29) is 10.6 Å². The van der Waals surface area contributed by atoms with Gasteiger partial charge in [-0.25, -0.2) is 9.37 Å². The predicted molar refractivity (Wildman–Crippen MR) is 71.2 cm³/mol. The number of imidazole rings is 1. The first kappa shape index (κ1) is 11.8. The third-order valence-electron chi connectivity index (χ3n) is 3.88. The number of hydrogen-bond acceptors (Lipinski definition) is 2. The largest absolute Gasteiger partial charge is 0.369 e. The molecular formula is C13H15ClFN3. The number of fused-ring (bicyclic) bond motifs is 1. The second kappa shape index (κ2) is 3.60. The van der Waals surface area contributed by atoms with Gasteiger partial charge in [0.15, 0.2) is 0 Å². The third kappa shape index (κ3) is 1.59. The summed E-state index contributed by atoms with van der Waals surface area (Å²) in [4.78, 5) is 4.23. The SMILES string of the molecule is CC(C)(C1CC1)n1c(N)nc2cc(F)c(Cl)cc21. The Hall–Kier alpha value is -1.29. The summed E-state index contributed by atoms with van der Waals surface area (Å²) in [6, 6.07) is 2.95. The standard InChI is InChI=1S/C13H15ClFN3/c1-13(2,7-3-4-7)18-11-5-8(14)9(15)6-10(11)17-12(18)16/h5-7H,3-4H2,1-2H3,(H2,16,17). The van der Waals surface area contributed by atoms with Gasteiger partial charge in [-0.3, -0.25) is 0 Å². The van der Waals surface area contributed by atoms with Gasteiger partial charge < -0.3 is 10.3 Å². The highest BCUT2D eigenvalue weighted by atomic mass is 35.5. The van der Waals surface area contributed by atoms with Crippen molar-refractivity contribution < 1.29 is 4.39 Å². The van der Waals surface area contributed by atoms with E-state index >= 15 is 0 Å². The fraction of sp³-hybridized carbons (Fsp3) is 0.462. The van der Waals surface area contributed by atoms with Crippen molar-refractivity contribution in [1.82, 2.24) is 9.55 Å². The molecule has 0 aliphatic heterocycles. The van der Waals surface area contributed by atoms with Crippen molar-refractivity contribution in [2.45, 2.75) is 32.2 Å². The molecule has 1 aromatic heterocycles. The number of aromatic nitrogens is 2. The molecule has 1 aromatic carbocycles. The number of nitrogen functional groups attached to an aromatic ring is 1. The summed E-state index contributed by atoms with van der Waals surface area (Å²) in [6.07, 6.45) is 2.39. The van der Waals surface area contributed by atoms with Crippen LogP contribution < -0.4 is 5.73 Å². The van der Waals surface area contributed by atoms with Crippen LogP contribution in [0.1, 0.15) is 26.7 Å². The quantitative estimate of drug-likeness (QED) is 0.904. The zero-order chi connectivity index (χ0) is 13.1. The van der Waals surface area contributed by atoms with Crippen molar-refractivity contribution in [2.75, 3.05) is 5.73 Å². The van der Waals surface area contributed by atoms with Gasteiger partial charge in [0.25, 0.3) is 0 Å². The maximum absolute atomic E-state index is 13.4. The van der Waals surface area contributed by atoms with Crippen molar-refractivity contribution in [3.05, 3.63) is 23.0 Å². The van der Waals surface area contributed by atoms with E-state index in [9.17, 15) is 4.39 Å². The van der Waals surface area contributed by atoms with E-state index in [1.165, 1.54) is 18.9 Å². The molecule has 0 amide bonds. The van der Waals surface area contributed by atoms with Gasteiger partial charge in [0, 0.05) is 11.6 Å². The lowest BCUT2D eigenvalue weighted by molar-refractivity contribution is 0.318. The summed E-state index contributed by atoms with van der Waals surface area (Å²) < 4.78 is 15.4. The lowest BCUT2D eigenvalue weighted by Crippen LogP contribution is -2.29. The highest BCUT2D eigenvalue weighted by molar-refractivity contribution is 6.31. The topological polar surface area (TPSA) is 43.8 Å². The van der Waals surface area contributed by atoms with Gasteiger partial charge in [-0.2, -0.15) is 0 Å². The monoisotopic (exact) mass is 267 g/mol. The van der Waals surface area contributed by atoms with Crippen LogP contribution in [0.3, 0.4) is 0 Å². The Morgan fingerprint density at radius 3 is 2.72 bits per heavy atom. The normalized spacial score (nSPS) is 16.4. The smallest absolute Gasteiger partial charge is 0.201 e. The molecule has 2 aromatic rings. The molecular weight excluding hydrogens is 253 g/mol. The number of nitrogens with two attached hydrogens (primary N) is 1. The van der Waals surface area contributed by atoms with Gasteiger partial charge in [-0.05, 0) is 38.7 Å². The summed E-state index contributed by atoms with van der Waals surface area (Å²) in [5.41, 5.74) is 7.24. The second-order valence-corrected chi connectivity index (χ2v) is 5.90. The Morgan fingerprint density at radius 2 is 2.11 bits per heavy atom. The van der Waals surface area contributed by atoms with Gasteiger partial charge in [0.2, 0.25) is 5.95 Å². The molecule has 0 unspecified atom stereocenters. The van der Waals surface area contributed by atoms with Crippen molar-refractivity contribution in [1.29, 1.82) is 0 Å². The molecule has 0 saturated heterocycles. The lowest BCUT2D eigenvalue weighted by Gasteiger charge is -2.28. The van der Waals surface area contributed by atoms with E-state index in [0.717, 1.165) is 5.52 Å². The Morgan fingerprint density at radius 1 is 1.44 bits per heavy atom. The van der Waals surface area contributed by atoms with E-state index in [1.807, 2.05) is 4.57 Å². The molecule has 0 radical (unpaired) electrons. The molecule has 96 valence electrons. The Bertz CT molecular complexity index is 629. The molecule has 1 aliphatic rings. The van der Waals surface area contributed by atoms with E-state index in [0.29, 0.717) is 17.4 Å².